The van der Waals surface area contributed by atoms with Crippen molar-refractivity contribution in [2.45, 2.75) is 58.0 Å². The van der Waals surface area contributed by atoms with Crippen molar-refractivity contribution in [3.63, 3.8) is 0 Å². The maximum Gasteiger partial charge on any atom is 0.354 e. The van der Waals surface area contributed by atoms with Gasteiger partial charge in [0.05, 0.1) is 19.1 Å². The van der Waals surface area contributed by atoms with Crippen LogP contribution in [-0.4, -0.2) is 29.6 Å². The average molecular weight is 411 g/mol. The molecule has 6 rings (SSSR count). The standard InChI is InChI=1S/C24H30N2O4/c1-15(24-11-16-8-17(12-24)10-18(9-16)13-24)25-22(27)14-26-19(21-4-3-7-30-21)5-6-20(26)23(28)29-2/h3-7,15-18H,8-14H2,1-2H3,(H,25,27). The zero-order chi connectivity index (χ0) is 20.9. The van der Waals surface area contributed by atoms with E-state index in [0.29, 0.717) is 17.1 Å². The van der Waals surface area contributed by atoms with E-state index in [9.17, 15) is 9.59 Å². The molecule has 6 nitrogen and oxygen atoms in total. The van der Waals surface area contributed by atoms with Gasteiger partial charge >= 0.3 is 5.97 Å². The number of nitrogens with one attached hydrogen (secondary N) is 1. The molecule has 2 heterocycles. The average Bonchev–Trinajstić information content (AvgIpc) is 3.36. The van der Waals surface area contributed by atoms with Gasteiger partial charge in [-0.25, -0.2) is 4.79 Å². The van der Waals surface area contributed by atoms with Gasteiger partial charge in [0, 0.05) is 6.04 Å². The van der Waals surface area contributed by atoms with Gasteiger partial charge in [0.25, 0.3) is 0 Å². The summed E-state index contributed by atoms with van der Waals surface area (Å²) >= 11 is 0. The van der Waals surface area contributed by atoms with Crippen LogP contribution in [0.2, 0.25) is 0 Å². The number of aromatic nitrogens is 1. The molecule has 0 aliphatic heterocycles. The van der Waals surface area contributed by atoms with Gasteiger partial charge in [0.2, 0.25) is 5.91 Å². The van der Waals surface area contributed by atoms with Crippen molar-refractivity contribution in [1.82, 2.24) is 9.88 Å². The first-order valence-corrected chi connectivity index (χ1v) is 11.1. The summed E-state index contributed by atoms with van der Waals surface area (Å²) in [7, 11) is 1.35. The number of carbonyl (C=O) groups excluding carboxylic acids is 2. The third-order valence-corrected chi connectivity index (χ3v) is 7.83. The SMILES string of the molecule is COC(=O)c1ccc(-c2ccco2)n1CC(=O)NC(C)C12CC3CC(CC(C3)C1)C2. The highest BCUT2D eigenvalue weighted by atomic mass is 16.5. The summed E-state index contributed by atoms with van der Waals surface area (Å²) in [5.74, 6) is 2.61. The number of ether oxygens (including phenoxy) is 1. The number of nitrogens with zero attached hydrogens (tertiary/aromatic N) is 1. The largest absolute Gasteiger partial charge is 0.464 e. The lowest BCUT2D eigenvalue weighted by Gasteiger charge is -2.59. The minimum absolute atomic E-state index is 0.0597. The lowest BCUT2D eigenvalue weighted by Crippen LogP contribution is -2.56. The summed E-state index contributed by atoms with van der Waals surface area (Å²) in [6.07, 6.45) is 9.48. The van der Waals surface area contributed by atoms with Crippen LogP contribution >= 0.6 is 0 Å². The van der Waals surface area contributed by atoms with Crippen LogP contribution in [0.3, 0.4) is 0 Å². The molecule has 4 aliphatic carbocycles. The summed E-state index contributed by atoms with van der Waals surface area (Å²) in [6, 6.07) is 7.23. The molecule has 4 fully saturated rings. The smallest absolute Gasteiger partial charge is 0.354 e. The Kier molecular flexibility index (Phi) is 4.75. The Hall–Kier alpha value is -2.50. The quantitative estimate of drug-likeness (QED) is 0.723. The molecule has 0 radical (unpaired) electrons. The predicted octanol–water partition coefficient (Wildman–Crippen LogP) is 4.26. The lowest BCUT2D eigenvalue weighted by atomic mass is 9.48. The van der Waals surface area contributed by atoms with E-state index in [-0.39, 0.29) is 23.9 Å². The molecule has 0 saturated heterocycles. The third-order valence-electron chi connectivity index (χ3n) is 7.83. The van der Waals surface area contributed by atoms with Gasteiger partial charge < -0.3 is 19.0 Å². The van der Waals surface area contributed by atoms with Crippen LogP contribution < -0.4 is 5.32 Å². The van der Waals surface area contributed by atoms with Crippen molar-refractivity contribution in [2.75, 3.05) is 7.11 Å². The summed E-state index contributed by atoms with van der Waals surface area (Å²) in [4.78, 5) is 25.3. The van der Waals surface area contributed by atoms with E-state index in [1.165, 1.54) is 45.6 Å². The van der Waals surface area contributed by atoms with Gasteiger partial charge in [-0.3, -0.25) is 4.79 Å². The van der Waals surface area contributed by atoms with Gasteiger partial charge in [-0.2, -0.15) is 0 Å². The molecule has 0 aromatic carbocycles. The Balaban J connectivity index is 1.34. The molecule has 2 aromatic heterocycles. The Morgan fingerprint density at radius 2 is 1.83 bits per heavy atom. The molecule has 30 heavy (non-hydrogen) atoms. The second kappa shape index (κ2) is 7.33. The maximum atomic E-state index is 13.1. The predicted molar refractivity (Wildman–Crippen MR) is 112 cm³/mol. The molecule has 2 aromatic rings. The summed E-state index contributed by atoms with van der Waals surface area (Å²) < 4.78 is 12.1. The molecule has 0 spiro atoms. The molecule has 4 saturated carbocycles. The molecular formula is C24H30N2O4. The number of esters is 1. The molecule has 4 bridgehead atoms. The number of amides is 1. The number of hydrogen-bond donors (Lipinski definition) is 1. The van der Waals surface area contributed by atoms with E-state index in [1.54, 1.807) is 29.0 Å². The van der Waals surface area contributed by atoms with Crippen molar-refractivity contribution < 1.29 is 18.7 Å². The second-order valence-corrected chi connectivity index (χ2v) is 9.73. The first-order chi connectivity index (χ1) is 14.5. The van der Waals surface area contributed by atoms with Crippen LogP contribution in [0, 0.1) is 23.2 Å². The van der Waals surface area contributed by atoms with E-state index in [1.807, 2.05) is 6.07 Å². The monoisotopic (exact) mass is 410 g/mol. The van der Waals surface area contributed by atoms with Crippen molar-refractivity contribution in [3.05, 3.63) is 36.2 Å². The molecule has 1 atom stereocenters. The molecule has 4 aliphatic rings. The van der Waals surface area contributed by atoms with Crippen LogP contribution in [0.15, 0.2) is 34.9 Å². The minimum atomic E-state index is -0.463. The van der Waals surface area contributed by atoms with E-state index in [4.69, 9.17) is 9.15 Å². The fourth-order valence-corrected chi connectivity index (χ4v) is 6.85. The van der Waals surface area contributed by atoms with Crippen LogP contribution in [-0.2, 0) is 16.1 Å². The Morgan fingerprint density at radius 3 is 2.40 bits per heavy atom. The number of rotatable bonds is 6. The van der Waals surface area contributed by atoms with Crippen molar-refractivity contribution in [1.29, 1.82) is 0 Å². The van der Waals surface area contributed by atoms with Crippen LogP contribution in [0.4, 0.5) is 0 Å². The van der Waals surface area contributed by atoms with E-state index < -0.39 is 5.97 Å². The molecular weight excluding hydrogens is 380 g/mol. The van der Waals surface area contributed by atoms with E-state index in [0.717, 1.165) is 17.8 Å². The zero-order valence-electron chi connectivity index (χ0n) is 17.7. The fourth-order valence-electron chi connectivity index (χ4n) is 6.85. The molecule has 160 valence electrons. The fraction of sp³-hybridized carbons (Fsp3) is 0.583. The summed E-state index contributed by atoms with van der Waals surface area (Å²) in [5.41, 5.74) is 1.29. The van der Waals surface area contributed by atoms with E-state index in [2.05, 4.69) is 12.2 Å². The second-order valence-electron chi connectivity index (χ2n) is 9.73. The maximum absolute atomic E-state index is 13.1. The Labute approximate surface area is 177 Å². The molecule has 1 N–H and O–H groups in total. The van der Waals surface area contributed by atoms with Crippen molar-refractivity contribution >= 4 is 11.9 Å². The van der Waals surface area contributed by atoms with Crippen LogP contribution in [0.25, 0.3) is 11.5 Å². The van der Waals surface area contributed by atoms with Crippen LogP contribution in [0.1, 0.15) is 55.9 Å². The topological polar surface area (TPSA) is 73.5 Å². The van der Waals surface area contributed by atoms with Crippen molar-refractivity contribution in [3.8, 4) is 11.5 Å². The first-order valence-electron chi connectivity index (χ1n) is 11.1. The van der Waals surface area contributed by atoms with Gasteiger partial charge in [-0.15, -0.1) is 0 Å². The highest BCUT2D eigenvalue weighted by molar-refractivity contribution is 5.90. The number of carbonyl (C=O) groups is 2. The number of methoxy groups -OCH3 is 1. The molecule has 6 heteroatoms. The number of hydrogen-bond acceptors (Lipinski definition) is 4. The number of furan rings is 1. The van der Waals surface area contributed by atoms with Gasteiger partial charge in [0.15, 0.2) is 0 Å². The van der Waals surface area contributed by atoms with Crippen molar-refractivity contribution in [2.24, 2.45) is 23.2 Å². The summed E-state index contributed by atoms with van der Waals surface area (Å²) in [5, 5.41) is 3.29. The van der Waals surface area contributed by atoms with Gasteiger partial charge in [0.1, 0.15) is 18.0 Å². The molecule has 1 unspecified atom stereocenters. The van der Waals surface area contributed by atoms with Crippen LogP contribution in [0.5, 0.6) is 0 Å². The van der Waals surface area contributed by atoms with Gasteiger partial charge in [-0.05, 0) is 92.9 Å². The van der Waals surface area contributed by atoms with Gasteiger partial charge in [-0.1, -0.05) is 0 Å². The summed E-state index contributed by atoms with van der Waals surface area (Å²) in [6.45, 7) is 2.24. The molecule has 1 amide bonds. The first kappa shape index (κ1) is 19.5. The highest BCUT2D eigenvalue weighted by Crippen LogP contribution is 2.61. The lowest BCUT2D eigenvalue weighted by molar-refractivity contribution is -0.126. The normalized spacial score (nSPS) is 30.3. The third kappa shape index (κ3) is 3.26. The van der Waals surface area contributed by atoms with E-state index >= 15 is 0 Å². The zero-order valence-corrected chi connectivity index (χ0v) is 17.7. The Bertz CT molecular complexity index is 907. The minimum Gasteiger partial charge on any atom is -0.464 e. The Morgan fingerprint density at radius 1 is 1.17 bits per heavy atom. The highest BCUT2D eigenvalue weighted by Gasteiger charge is 2.53.